The third kappa shape index (κ3) is 3.33. The number of nitrogens with zero attached hydrogens (tertiary/aromatic N) is 5. The van der Waals surface area contributed by atoms with Crippen LogP contribution in [0.3, 0.4) is 0 Å². The van der Waals surface area contributed by atoms with Crippen LogP contribution in [0.2, 0.25) is 0 Å². The van der Waals surface area contributed by atoms with Crippen LogP contribution in [0.25, 0.3) is 5.95 Å². The zero-order valence-electron chi connectivity index (χ0n) is 11.1. The van der Waals surface area contributed by atoms with Crippen molar-refractivity contribution < 1.29 is 0 Å². The summed E-state index contributed by atoms with van der Waals surface area (Å²) in [6.45, 7) is 0.734. The molecule has 8 nitrogen and oxygen atoms in total. The van der Waals surface area contributed by atoms with Crippen LogP contribution in [0.15, 0.2) is 36.2 Å². The van der Waals surface area contributed by atoms with Crippen LogP contribution in [0.4, 0.5) is 11.9 Å². The molecule has 0 bridgehead atoms. The predicted molar refractivity (Wildman–Crippen MR) is 81.3 cm³/mol. The van der Waals surface area contributed by atoms with Crippen molar-refractivity contribution in [1.82, 2.24) is 24.5 Å². The minimum Gasteiger partial charge on any atom is -0.354 e. The maximum absolute atomic E-state index is 5.39. The lowest BCUT2D eigenvalue weighted by molar-refractivity contribution is 0.884. The van der Waals surface area contributed by atoms with E-state index in [0.717, 1.165) is 13.0 Å². The Morgan fingerprint density at radius 2 is 2.14 bits per heavy atom. The topological polar surface area (TPSA) is 107 Å². The van der Waals surface area contributed by atoms with Crippen molar-refractivity contribution in [1.29, 1.82) is 0 Å². The van der Waals surface area contributed by atoms with E-state index in [1.165, 1.54) is 4.88 Å². The van der Waals surface area contributed by atoms with Gasteiger partial charge in [-0.05, 0) is 17.9 Å². The second-order valence-electron chi connectivity index (χ2n) is 4.15. The molecule has 0 saturated heterocycles. The van der Waals surface area contributed by atoms with E-state index >= 15 is 0 Å². The monoisotopic (exact) mass is 302 g/mol. The Morgan fingerprint density at radius 1 is 1.24 bits per heavy atom. The van der Waals surface area contributed by atoms with Gasteiger partial charge in [-0.3, -0.25) is 9.99 Å². The molecule has 21 heavy (non-hydrogen) atoms. The highest BCUT2D eigenvalue weighted by Gasteiger charge is 2.07. The van der Waals surface area contributed by atoms with Crippen LogP contribution in [-0.4, -0.2) is 31.0 Å². The summed E-state index contributed by atoms with van der Waals surface area (Å²) in [5, 5.41) is 5.24. The summed E-state index contributed by atoms with van der Waals surface area (Å²) in [4.78, 5) is 18.0. The summed E-state index contributed by atoms with van der Waals surface area (Å²) >= 11 is 1.73. The number of hydrogen-bond acceptors (Lipinski definition) is 8. The van der Waals surface area contributed by atoms with Crippen molar-refractivity contribution in [2.24, 2.45) is 5.84 Å². The number of hydrogen-bond donors (Lipinski definition) is 3. The Kier molecular flexibility index (Phi) is 4.03. The zero-order chi connectivity index (χ0) is 14.5. The van der Waals surface area contributed by atoms with Gasteiger partial charge in [-0.25, -0.2) is 10.8 Å². The molecule has 0 amide bonds. The van der Waals surface area contributed by atoms with Crippen LogP contribution in [-0.2, 0) is 6.42 Å². The van der Waals surface area contributed by atoms with E-state index < -0.39 is 0 Å². The number of nitrogen functional groups attached to an aromatic ring is 1. The summed E-state index contributed by atoms with van der Waals surface area (Å²) in [5.41, 5.74) is 2.44. The fraction of sp³-hybridized carbons (Fsp3) is 0.167. The van der Waals surface area contributed by atoms with E-state index in [1.807, 2.05) is 6.07 Å². The lowest BCUT2D eigenvalue weighted by atomic mass is 10.3. The Bertz CT molecular complexity index is 679. The van der Waals surface area contributed by atoms with Gasteiger partial charge in [0.15, 0.2) is 0 Å². The maximum Gasteiger partial charge on any atom is 0.243 e. The highest BCUT2D eigenvalue weighted by Crippen LogP contribution is 2.11. The molecule has 0 saturated carbocycles. The number of imidazole rings is 1. The molecular formula is C12H14N8S. The Hall–Kier alpha value is -2.52. The molecule has 0 aliphatic carbocycles. The number of anilines is 2. The summed E-state index contributed by atoms with van der Waals surface area (Å²) in [7, 11) is 0. The van der Waals surface area contributed by atoms with E-state index in [0.29, 0.717) is 17.8 Å². The van der Waals surface area contributed by atoms with Crippen LogP contribution < -0.4 is 16.6 Å². The fourth-order valence-corrected chi connectivity index (χ4v) is 2.46. The first-order valence-corrected chi connectivity index (χ1v) is 7.20. The van der Waals surface area contributed by atoms with Gasteiger partial charge in [0.1, 0.15) is 6.33 Å². The molecule has 108 valence electrons. The number of aromatic nitrogens is 5. The molecule has 3 aromatic rings. The van der Waals surface area contributed by atoms with Crippen molar-refractivity contribution in [3.63, 3.8) is 0 Å². The summed E-state index contributed by atoms with van der Waals surface area (Å²) in [6.07, 6.45) is 5.94. The maximum atomic E-state index is 5.39. The molecule has 4 N–H and O–H groups in total. The van der Waals surface area contributed by atoms with Gasteiger partial charge in [0.05, 0.1) is 0 Å². The Morgan fingerprint density at radius 3 is 2.86 bits per heavy atom. The molecule has 0 aliphatic heterocycles. The highest BCUT2D eigenvalue weighted by atomic mass is 32.1. The smallest absolute Gasteiger partial charge is 0.243 e. The van der Waals surface area contributed by atoms with Gasteiger partial charge in [-0.15, -0.1) is 11.3 Å². The van der Waals surface area contributed by atoms with Crippen molar-refractivity contribution in [3.8, 4) is 5.95 Å². The van der Waals surface area contributed by atoms with Gasteiger partial charge in [0.2, 0.25) is 17.8 Å². The van der Waals surface area contributed by atoms with Crippen LogP contribution in [0.1, 0.15) is 4.88 Å². The van der Waals surface area contributed by atoms with Crippen LogP contribution in [0.5, 0.6) is 0 Å². The number of rotatable bonds is 6. The first-order valence-electron chi connectivity index (χ1n) is 6.32. The minimum atomic E-state index is 0.298. The third-order valence-electron chi connectivity index (χ3n) is 2.72. The second kappa shape index (κ2) is 6.29. The van der Waals surface area contributed by atoms with E-state index in [4.69, 9.17) is 5.84 Å². The molecule has 0 fully saturated rings. The van der Waals surface area contributed by atoms with Gasteiger partial charge >= 0.3 is 0 Å². The summed E-state index contributed by atoms with van der Waals surface area (Å²) < 4.78 is 1.69. The van der Waals surface area contributed by atoms with Gasteiger partial charge in [0, 0.05) is 23.8 Å². The molecule has 0 atom stereocenters. The van der Waals surface area contributed by atoms with Crippen LogP contribution >= 0.6 is 11.3 Å². The molecule has 0 spiro atoms. The van der Waals surface area contributed by atoms with Gasteiger partial charge in [0.25, 0.3) is 0 Å². The molecular weight excluding hydrogens is 288 g/mol. The summed E-state index contributed by atoms with van der Waals surface area (Å²) in [6, 6.07) is 4.14. The zero-order valence-corrected chi connectivity index (χ0v) is 11.9. The van der Waals surface area contributed by atoms with E-state index in [2.05, 4.69) is 42.1 Å². The average Bonchev–Trinajstić information content (AvgIpc) is 3.20. The predicted octanol–water partition coefficient (Wildman–Crippen LogP) is 1.06. The molecule has 0 aliphatic rings. The largest absolute Gasteiger partial charge is 0.354 e. The molecule has 0 aromatic carbocycles. The highest BCUT2D eigenvalue weighted by molar-refractivity contribution is 7.09. The number of thiophene rings is 1. The van der Waals surface area contributed by atoms with Crippen molar-refractivity contribution in [2.75, 3.05) is 17.3 Å². The number of nitrogens with one attached hydrogen (secondary N) is 2. The lowest BCUT2D eigenvalue weighted by Crippen LogP contribution is -2.16. The first kappa shape index (κ1) is 13.5. The third-order valence-corrected chi connectivity index (χ3v) is 3.66. The fourth-order valence-electron chi connectivity index (χ4n) is 1.75. The second-order valence-corrected chi connectivity index (χ2v) is 5.19. The number of hydrazine groups is 1. The average molecular weight is 302 g/mol. The van der Waals surface area contributed by atoms with Crippen molar-refractivity contribution >= 4 is 23.2 Å². The molecule has 3 rings (SSSR count). The van der Waals surface area contributed by atoms with Crippen molar-refractivity contribution in [3.05, 3.63) is 41.1 Å². The van der Waals surface area contributed by atoms with Gasteiger partial charge < -0.3 is 5.32 Å². The molecule has 9 heteroatoms. The van der Waals surface area contributed by atoms with Gasteiger partial charge in [-0.1, -0.05) is 6.07 Å². The molecule has 0 unspecified atom stereocenters. The van der Waals surface area contributed by atoms with E-state index in [-0.39, 0.29) is 0 Å². The minimum absolute atomic E-state index is 0.298. The Labute approximate surface area is 125 Å². The molecule has 0 radical (unpaired) electrons. The molecule has 3 heterocycles. The Balaban J connectivity index is 1.73. The SMILES string of the molecule is NNc1nc(NCCc2cccs2)nc(-n2ccnc2)n1. The first-order chi connectivity index (χ1) is 10.3. The van der Waals surface area contributed by atoms with Crippen LogP contribution in [0, 0.1) is 0 Å². The van der Waals surface area contributed by atoms with Gasteiger partial charge in [-0.2, -0.15) is 15.0 Å². The molecule has 3 aromatic heterocycles. The van der Waals surface area contributed by atoms with E-state index in [9.17, 15) is 0 Å². The quantitative estimate of drug-likeness (QED) is 0.461. The van der Waals surface area contributed by atoms with E-state index in [1.54, 1.807) is 34.6 Å². The summed E-state index contributed by atoms with van der Waals surface area (Å²) in [5.74, 6) is 6.61. The number of nitrogens with two attached hydrogens (primary N) is 1. The lowest BCUT2D eigenvalue weighted by Gasteiger charge is -2.08. The standard InChI is InChI=1S/C12H14N8S/c13-19-11-16-10(15-4-3-9-2-1-7-21-9)17-12(18-11)20-6-5-14-8-20/h1-2,5-8H,3-4,13H2,(H2,15,16,17,18,19). The normalized spacial score (nSPS) is 10.5. The van der Waals surface area contributed by atoms with Crippen molar-refractivity contribution in [2.45, 2.75) is 6.42 Å².